The Morgan fingerprint density at radius 1 is 1.36 bits per heavy atom. The molecule has 0 aromatic rings. The van der Waals surface area contributed by atoms with E-state index in [4.69, 9.17) is 5.73 Å². The van der Waals surface area contributed by atoms with Gasteiger partial charge in [0.1, 0.15) is 0 Å². The lowest BCUT2D eigenvalue weighted by molar-refractivity contribution is 0.276. The monoisotopic (exact) mass is 198 g/mol. The molecular formula is C12H26N2. The molecule has 14 heavy (non-hydrogen) atoms. The Morgan fingerprint density at radius 2 is 2.07 bits per heavy atom. The summed E-state index contributed by atoms with van der Waals surface area (Å²) < 4.78 is 0. The normalized spacial score (nSPS) is 13.1. The van der Waals surface area contributed by atoms with Gasteiger partial charge in [-0.2, -0.15) is 0 Å². The number of rotatable bonds is 9. The molecule has 0 bridgehead atoms. The Morgan fingerprint density at radius 3 is 2.57 bits per heavy atom. The van der Waals surface area contributed by atoms with Crippen LogP contribution in [0.2, 0.25) is 0 Å². The Labute approximate surface area is 89.2 Å². The summed E-state index contributed by atoms with van der Waals surface area (Å²) in [4.78, 5) is 2.38. The van der Waals surface area contributed by atoms with Crippen molar-refractivity contribution in [2.24, 2.45) is 5.73 Å². The Kier molecular flexibility index (Phi) is 9.00. The van der Waals surface area contributed by atoms with Gasteiger partial charge in [-0.05, 0) is 19.4 Å². The predicted octanol–water partition coefficient (Wildman–Crippen LogP) is 2.40. The fourth-order valence-electron chi connectivity index (χ4n) is 1.65. The van der Waals surface area contributed by atoms with Crippen molar-refractivity contribution in [3.63, 3.8) is 0 Å². The number of hydrogen-bond donors (Lipinski definition) is 1. The van der Waals surface area contributed by atoms with Crippen LogP contribution in [0.15, 0.2) is 12.7 Å². The maximum Gasteiger partial charge on any atom is 0.0167 e. The molecule has 0 aromatic heterocycles. The highest BCUT2D eigenvalue weighted by molar-refractivity contribution is 4.76. The van der Waals surface area contributed by atoms with E-state index in [1.165, 1.54) is 19.3 Å². The van der Waals surface area contributed by atoms with Gasteiger partial charge in [0.2, 0.25) is 0 Å². The molecule has 0 aliphatic carbocycles. The smallest absolute Gasteiger partial charge is 0.0167 e. The van der Waals surface area contributed by atoms with Crippen molar-refractivity contribution in [3.05, 3.63) is 12.7 Å². The first-order valence-electron chi connectivity index (χ1n) is 5.83. The minimum atomic E-state index is 0.335. The van der Waals surface area contributed by atoms with E-state index in [1.807, 2.05) is 6.08 Å². The summed E-state index contributed by atoms with van der Waals surface area (Å²) in [5, 5.41) is 0. The van der Waals surface area contributed by atoms with Crippen LogP contribution in [0.25, 0.3) is 0 Å². The quantitative estimate of drug-likeness (QED) is 0.576. The summed E-state index contributed by atoms with van der Waals surface area (Å²) in [5.74, 6) is 0. The first-order valence-corrected chi connectivity index (χ1v) is 5.83. The standard InChI is InChI=1S/C12H26N2/c1-4-7-8-12(13)11-14(9-5-2)10-6-3/h5,12H,2,4,6-11,13H2,1,3H3. The van der Waals surface area contributed by atoms with E-state index in [-0.39, 0.29) is 0 Å². The van der Waals surface area contributed by atoms with E-state index in [9.17, 15) is 0 Å². The molecule has 0 heterocycles. The highest BCUT2D eigenvalue weighted by Gasteiger charge is 2.07. The lowest BCUT2D eigenvalue weighted by Crippen LogP contribution is -2.38. The number of nitrogens with two attached hydrogens (primary N) is 1. The van der Waals surface area contributed by atoms with E-state index in [1.54, 1.807) is 0 Å². The number of hydrogen-bond acceptors (Lipinski definition) is 2. The molecule has 0 rings (SSSR count). The fraction of sp³-hybridized carbons (Fsp3) is 0.833. The topological polar surface area (TPSA) is 29.3 Å². The van der Waals surface area contributed by atoms with E-state index in [2.05, 4.69) is 25.3 Å². The molecule has 0 spiro atoms. The van der Waals surface area contributed by atoms with E-state index < -0.39 is 0 Å². The average molecular weight is 198 g/mol. The summed E-state index contributed by atoms with van der Waals surface area (Å²) in [5.41, 5.74) is 6.05. The molecule has 1 atom stereocenters. The van der Waals surface area contributed by atoms with Gasteiger partial charge in [-0.3, -0.25) is 4.90 Å². The van der Waals surface area contributed by atoms with Gasteiger partial charge in [-0.15, -0.1) is 6.58 Å². The fourth-order valence-corrected chi connectivity index (χ4v) is 1.65. The second-order valence-electron chi connectivity index (χ2n) is 3.95. The van der Waals surface area contributed by atoms with Crippen LogP contribution in [-0.2, 0) is 0 Å². The molecule has 0 amide bonds. The first kappa shape index (κ1) is 13.7. The third kappa shape index (κ3) is 7.10. The maximum absolute atomic E-state index is 6.05. The van der Waals surface area contributed by atoms with Gasteiger partial charge in [-0.25, -0.2) is 0 Å². The molecule has 0 aliphatic rings. The molecule has 0 aromatic carbocycles. The van der Waals surface area contributed by atoms with Crippen molar-refractivity contribution in [3.8, 4) is 0 Å². The van der Waals surface area contributed by atoms with Gasteiger partial charge in [0, 0.05) is 19.1 Å². The number of nitrogens with zero attached hydrogens (tertiary/aromatic N) is 1. The maximum atomic E-state index is 6.05. The second-order valence-corrected chi connectivity index (χ2v) is 3.95. The van der Waals surface area contributed by atoms with Gasteiger partial charge < -0.3 is 5.73 Å². The van der Waals surface area contributed by atoms with Crippen LogP contribution in [-0.4, -0.2) is 30.6 Å². The van der Waals surface area contributed by atoms with Crippen molar-refractivity contribution < 1.29 is 0 Å². The zero-order valence-electron chi connectivity index (χ0n) is 9.84. The summed E-state index contributed by atoms with van der Waals surface area (Å²) in [6, 6.07) is 0.335. The molecule has 2 heteroatoms. The number of unbranched alkanes of at least 4 members (excludes halogenated alkanes) is 1. The van der Waals surface area contributed by atoms with Crippen LogP contribution in [0.1, 0.15) is 39.5 Å². The van der Waals surface area contributed by atoms with Crippen molar-refractivity contribution in [2.75, 3.05) is 19.6 Å². The minimum absolute atomic E-state index is 0.335. The van der Waals surface area contributed by atoms with Crippen LogP contribution in [0, 0.1) is 0 Å². The summed E-state index contributed by atoms with van der Waals surface area (Å²) in [6.07, 6.45) is 6.78. The molecule has 0 saturated carbocycles. The molecule has 0 radical (unpaired) electrons. The van der Waals surface area contributed by atoms with Crippen molar-refractivity contribution in [1.82, 2.24) is 4.90 Å². The van der Waals surface area contributed by atoms with Crippen LogP contribution >= 0.6 is 0 Å². The van der Waals surface area contributed by atoms with E-state index in [0.29, 0.717) is 6.04 Å². The predicted molar refractivity (Wildman–Crippen MR) is 64.4 cm³/mol. The van der Waals surface area contributed by atoms with Crippen LogP contribution in [0.5, 0.6) is 0 Å². The molecule has 0 aliphatic heterocycles. The molecule has 1 unspecified atom stereocenters. The largest absolute Gasteiger partial charge is 0.327 e. The molecule has 2 N–H and O–H groups in total. The Balaban J connectivity index is 3.70. The lowest BCUT2D eigenvalue weighted by atomic mass is 10.1. The SMILES string of the molecule is C=CCN(CCC)CC(N)CCCC. The summed E-state index contributed by atoms with van der Waals surface area (Å²) >= 11 is 0. The summed E-state index contributed by atoms with van der Waals surface area (Å²) in [6.45, 7) is 11.3. The third-order valence-corrected chi connectivity index (χ3v) is 2.35. The first-order chi connectivity index (χ1) is 6.74. The van der Waals surface area contributed by atoms with Gasteiger partial charge in [0.05, 0.1) is 0 Å². The van der Waals surface area contributed by atoms with E-state index in [0.717, 1.165) is 26.1 Å². The summed E-state index contributed by atoms with van der Waals surface area (Å²) in [7, 11) is 0. The zero-order chi connectivity index (χ0) is 10.8. The van der Waals surface area contributed by atoms with Crippen molar-refractivity contribution in [1.29, 1.82) is 0 Å². The van der Waals surface area contributed by atoms with Crippen LogP contribution < -0.4 is 5.73 Å². The zero-order valence-corrected chi connectivity index (χ0v) is 9.84. The molecule has 84 valence electrons. The van der Waals surface area contributed by atoms with E-state index >= 15 is 0 Å². The van der Waals surface area contributed by atoms with Gasteiger partial charge in [0.25, 0.3) is 0 Å². The lowest BCUT2D eigenvalue weighted by Gasteiger charge is -2.23. The van der Waals surface area contributed by atoms with Crippen LogP contribution in [0.3, 0.4) is 0 Å². The second kappa shape index (κ2) is 9.22. The van der Waals surface area contributed by atoms with Crippen molar-refractivity contribution in [2.45, 2.75) is 45.6 Å². The van der Waals surface area contributed by atoms with Gasteiger partial charge >= 0.3 is 0 Å². The molecule has 0 saturated heterocycles. The Bertz CT molecular complexity index is 134. The van der Waals surface area contributed by atoms with Gasteiger partial charge in [0.15, 0.2) is 0 Å². The minimum Gasteiger partial charge on any atom is -0.327 e. The highest BCUT2D eigenvalue weighted by Crippen LogP contribution is 2.01. The highest BCUT2D eigenvalue weighted by atomic mass is 15.1. The molecule has 2 nitrogen and oxygen atoms in total. The average Bonchev–Trinajstić information content (AvgIpc) is 2.15. The third-order valence-electron chi connectivity index (χ3n) is 2.35. The molecular weight excluding hydrogens is 172 g/mol. The molecule has 0 fully saturated rings. The van der Waals surface area contributed by atoms with Crippen molar-refractivity contribution >= 4 is 0 Å². The Hall–Kier alpha value is -0.340. The van der Waals surface area contributed by atoms with Crippen LogP contribution in [0.4, 0.5) is 0 Å². The van der Waals surface area contributed by atoms with Gasteiger partial charge in [-0.1, -0.05) is 32.8 Å².